The molecule has 0 saturated carbocycles. The van der Waals surface area contributed by atoms with Gasteiger partial charge in [0.05, 0.1) is 13.2 Å². The summed E-state index contributed by atoms with van der Waals surface area (Å²) in [5.41, 5.74) is -0.116. The summed E-state index contributed by atoms with van der Waals surface area (Å²) in [6, 6.07) is -0.00652. The summed E-state index contributed by atoms with van der Waals surface area (Å²) in [4.78, 5) is 0. The molecule has 2 rings (SSSR count). The number of hydrogen-bond acceptors (Lipinski definition) is 5. The van der Waals surface area contributed by atoms with Crippen molar-refractivity contribution in [3.05, 3.63) is 0 Å². The van der Waals surface area contributed by atoms with Crippen LogP contribution in [0.25, 0.3) is 0 Å². The Labute approximate surface area is 103 Å². The average molecular weight is 263 g/mol. The van der Waals surface area contributed by atoms with Crippen LogP contribution in [0.2, 0.25) is 0 Å². The summed E-state index contributed by atoms with van der Waals surface area (Å²) < 4.78 is 23.8. The van der Waals surface area contributed by atoms with Gasteiger partial charge in [-0.25, -0.2) is 0 Å². The number of hydrogen-bond donors (Lipinski definition) is 1. The second kappa shape index (κ2) is 4.04. The molecule has 6 heteroatoms. The fourth-order valence-electron chi connectivity index (χ4n) is 2.33. The SMILES string of the molecule is CC1CCC(C)(P2(=O)OCC(C)(C)CO2)N1O. The Hall–Kier alpha value is 0.0700. The molecule has 0 bridgehead atoms. The largest absolute Gasteiger partial charge is 0.352 e. The van der Waals surface area contributed by atoms with Gasteiger partial charge in [-0.05, 0) is 26.7 Å². The van der Waals surface area contributed by atoms with Crippen LogP contribution in [-0.2, 0) is 13.6 Å². The normalized spacial score (nSPS) is 41.6. The van der Waals surface area contributed by atoms with Crippen LogP contribution in [-0.4, -0.2) is 34.8 Å². The van der Waals surface area contributed by atoms with Crippen LogP contribution in [0.3, 0.4) is 0 Å². The van der Waals surface area contributed by atoms with E-state index >= 15 is 0 Å². The van der Waals surface area contributed by atoms with E-state index in [9.17, 15) is 9.77 Å². The van der Waals surface area contributed by atoms with Gasteiger partial charge in [0.25, 0.3) is 0 Å². The fraction of sp³-hybridized carbons (Fsp3) is 1.00. The number of hydroxylamine groups is 2. The van der Waals surface area contributed by atoms with Crippen LogP contribution in [0, 0.1) is 5.41 Å². The van der Waals surface area contributed by atoms with Crippen molar-refractivity contribution in [1.82, 2.24) is 5.06 Å². The summed E-state index contributed by atoms with van der Waals surface area (Å²) >= 11 is 0. The van der Waals surface area contributed by atoms with Crippen molar-refractivity contribution in [3.63, 3.8) is 0 Å². The van der Waals surface area contributed by atoms with Crippen LogP contribution in [0.5, 0.6) is 0 Å². The average Bonchev–Trinajstić information content (AvgIpc) is 2.53. The Balaban J connectivity index is 2.20. The second-order valence-corrected chi connectivity index (χ2v) is 8.63. The maximum absolute atomic E-state index is 12.8. The maximum Gasteiger partial charge on any atom is 0.352 e. The van der Waals surface area contributed by atoms with Gasteiger partial charge in [-0.3, -0.25) is 4.57 Å². The molecule has 17 heavy (non-hydrogen) atoms. The molecule has 100 valence electrons. The predicted molar refractivity (Wildman–Crippen MR) is 64.0 cm³/mol. The molecule has 1 N–H and O–H groups in total. The van der Waals surface area contributed by atoms with Gasteiger partial charge in [0.15, 0.2) is 0 Å². The molecular formula is C11H22NO4P. The summed E-state index contributed by atoms with van der Waals surface area (Å²) in [5, 5.41) is 10.3. The minimum absolute atomic E-state index is 0.00652. The number of nitrogens with zero attached hydrogens (tertiary/aromatic N) is 1. The van der Waals surface area contributed by atoms with Crippen LogP contribution in [0.1, 0.15) is 40.5 Å². The molecule has 2 heterocycles. The van der Waals surface area contributed by atoms with E-state index in [0.29, 0.717) is 19.6 Å². The Morgan fingerprint density at radius 3 is 2.24 bits per heavy atom. The van der Waals surface area contributed by atoms with Crippen molar-refractivity contribution in [2.75, 3.05) is 13.2 Å². The smallest absolute Gasteiger partial charge is 0.313 e. The Morgan fingerprint density at radius 1 is 1.29 bits per heavy atom. The number of rotatable bonds is 1. The second-order valence-electron chi connectivity index (χ2n) is 6.16. The van der Waals surface area contributed by atoms with Gasteiger partial charge < -0.3 is 14.3 Å². The van der Waals surface area contributed by atoms with Crippen molar-refractivity contribution in [2.24, 2.45) is 5.41 Å². The third-order valence-electron chi connectivity index (χ3n) is 3.79. The van der Waals surface area contributed by atoms with Crippen molar-refractivity contribution in [1.29, 1.82) is 0 Å². The highest BCUT2D eigenvalue weighted by Gasteiger charge is 2.58. The quantitative estimate of drug-likeness (QED) is 0.737. The first-order valence-corrected chi connectivity index (χ1v) is 7.62. The zero-order valence-corrected chi connectivity index (χ0v) is 11.9. The van der Waals surface area contributed by atoms with Crippen LogP contribution >= 0.6 is 7.60 Å². The van der Waals surface area contributed by atoms with E-state index in [4.69, 9.17) is 9.05 Å². The standard InChI is InChI=1S/C11H22NO4P/c1-9-5-6-11(4,12(9)13)17(14)15-7-10(2,3)8-16-17/h9,13H,5-8H2,1-4H3. The molecule has 2 aliphatic rings. The first-order chi connectivity index (χ1) is 7.70. The lowest BCUT2D eigenvalue weighted by atomic mass is 9.97. The Bertz CT molecular complexity index is 345. The molecule has 0 aromatic rings. The maximum atomic E-state index is 12.8. The van der Waals surface area contributed by atoms with Crippen molar-refractivity contribution >= 4 is 7.60 Å². The molecule has 2 fully saturated rings. The zero-order chi connectivity index (χ0) is 12.9. The summed E-state index contributed by atoms with van der Waals surface area (Å²) in [7, 11) is -3.27. The minimum atomic E-state index is -3.27. The molecule has 5 nitrogen and oxygen atoms in total. The van der Waals surface area contributed by atoms with E-state index in [1.54, 1.807) is 6.92 Å². The first kappa shape index (κ1) is 13.5. The molecule has 0 aromatic heterocycles. The van der Waals surface area contributed by atoms with Crippen molar-refractivity contribution < 1.29 is 18.8 Å². The molecule has 0 spiro atoms. The van der Waals surface area contributed by atoms with E-state index in [2.05, 4.69) is 0 Å². The molecule has 2 unspecified atom stereocenters. The molecule has 0 radical (unpaired) electrons. The van der Waals surface area contributed by atoms with E-state index in [1.165, 1.54) is 0 Å². The zero-order valence-electron chi connectivity index (χ0n) is 11.0. The molecule has 2 saturated heterocycles. The molecule has 0 aliphatic carbocycles. The lowest BCUT2D eigenvalue weighted by molar-refractivity contribution is -0.149. The van der Waals surface area contributed by atoms with Gasteiger partial charge in [-0.15, -0.1) is 0 Å². The van der Waals surface area contributed by atoms with Gasteiger partial charge in [0.2, 0.25) is 0 Å². The highest BCUT2D eigenvalue weighted by molar-refractivity contribution is 7.55. The van der Waals surface area contributed by atoms with Crippen LogP contribution in [0.4, 0.5) is 0 Å². The van der Waals surface area contributed by atoms with E-state index in [-0.39, 0.29) is 11.5 Å². The predicted octanol–water partition coefficient (Wildman–Crippen LogP) is 2.84. The molecule has 2 aliphatic heterocycles. The Morgan fingerprint density at radius 2 is 1.82 bits per heavy atom. The van der Waals surface area contributed by atoms with Gasteiger partial charge >= 0.3 is 7.60 Å². The molecule has 2 atom stereocenters. The minimum Gasteiger partial charge on any atom is -0.313 e. The summed E-state index contributed by atoms with van der Waals surface area (Å²) in [6.07, 6.45) is 1.43. The third-order valence-corrected chi connectivity index (χ3v) is 6.33. The lowest BCUT2D eigenvalue weighted by Crippen LogP contribution is -2.45. The van der Waals surface area contributed by atoms with Gasteiger partial charge in [-0.1, -0.05) is 13.8 Å². The molecular weight excluding hydrogens is 241 g/mol. The van der Waals surface area contributed by atoms with E-state index < -0.39 is 12.9 Å². The van der Waals surface area contributed by atoms with Gasteiger partial charge in [0, 0.05) is 11.5 Å². The van der Waals surface area contributed by atoms with E-state index in [0.717, 1.165) is 11.5 Å². The van der Waals surface area contributed by atoms with Crippen LogP contribution < -0.4 is 0 Å². The van der Waals surface area contributed by atoms with E-state index in [1.807, 2.05) is 20.8 Å². The molecule has 0 aromatic carbocycles. The lowest BCUT2D eigenvalue weighted by Gasteiger charge is -2.43. The monoisotopic (exact) mass is 263 g/mol. The van der Waals surface area contributed by atoms with Crippen molar-refractivity contribution in [3.8, 4) is 0 Å². The topological polar surface area (TPSA) is 59.0 Å². The summed E-state index contributed by atoms with van der Waals surface area (Å²) in [6.45, 7) is 8.49. The highest BCUT2D eigenvalue weighted by atomic mass is 31.2. The summed E-state index contributed by atoms with van der Waals surface area (Å²) in [5.74, 6) is 0. The first-order valence-electron chi connectivity index (χ1n) is 6.08. The third kappa shape index (κ3) is 2.08. The van der Waals surface area contributed by atoms with Gasteiger partial charge in [-0.2, -0.15) is 5.06 Å². The van der Waals surface area contributed by atoms with Gasteiger partial charge in [0.1, 0.15) is 5.28 Å². The van der Waals surface area contributed by atoms with Crippen LogP contribution in [0.15, 0.2) is 0 Å². The Kier molecular flexibility index (Phi) is 3.21. The highest BCUT2D eigenvalue weighted by Crippen LogP contribution is 2.67. The fourth-order valence-corrected chi connectivity index (χ4v) is 4.85. The molecule has 0 amide bonds. The van der Waals surface area contributed by atoms with Crippen molar-refractivity contribution in [2.45, 2.75) is 51.9 Å².